The number of halogens is 1. The number of aromatic nitrogens is 1. The lowest BCUT2D eigenvalue weighted by molar-refractivity contribution is -0.154. The molecule has 124 valence electrons. The third-order valence-corrected chi connectivity index (χ3v) is 4.28. The van der Waals surface area contributed by atoms with Gasteiger partial charge >= 0.3 is 5.97 Å². The van der Waals surface area contributed by atoms with Gasteiger partial charge in [-0.05, 0) is 26.8 Å². The van der Waals surface area contributed by atoms with Gasteiger partial charge in [0.15, 0.2) is 16.7 Å². The number of ether oxygens (including phenoxy) is 2. The first kappa shape index (κ1) is 17.7. The maximum absolute atomic E-state index is 12.2. The van der Waals surface area contributed by atoms with Gasteiger partial charge in [-0.15, -0.1) is 11.3 Å². The van der Waals surface area contributed by atoms with Gasteiger partial charge in [-0.2, -0.15) is 0 Å². The number of hydrogen-bond donors (Lipinski definition) is 0. The zero-order valence-corrected chi connectivity index (χ0v) is 15.0. The van der Waals surface area contributed by atoms with E-state index >= 15 is 0 Å². The lowest BCUT2D eigenvalue weighted by Gasteiger charge is -2.19. The molecular weight excluding hydrogens is 338 g/mol. The molecular formula is C16H18ClNO4S. The average Bonchev–Trinajstić information content (AvgIpc) is 2.84. The first-order chi connectivity index (χ1) is 10.7. The summed E-state index contributed by atoms with van der Waals surface area (Å²) in [4.78, 5) is 28.7. The van der Waals surface area contributed by atoms with Crippen LogP contribution in [0.2, 0.25) is 5.15 Å². The quantitative estimate of drug-likeness (QED) is 0.455. The van der Waals surface area contributed by atoms with Crippen LogP contribution < -0.4 is 4.74 Å². The van der Waals surface area contributed by atoms with Gasteiger partial charge in [-0.1, -0.05) is 11.6 Å². The largest absolute Gasteiger partial charge is 0.493 e. The molecule has 0 spiro atoms. The number of ketones is 1. The number of Topliss-reactive ketones (excluding diaryl/α,β-unsaturated/α-hetero) is 1. The molecule has 2 aromatic heterocycles. The minimum Gasteiger partial charge on any atom is -0.493 e. The number of carbonyl (C=O) groups excluding carboxylic acids is 2. The van der Waals surface area contributed by atoms with Crippen molar-refractivity contribution in [3.05, 3.63) is 22.2 Å². The lowest BCUT2D eigenvalue weighted by Crippen LogP contribution is -2.24. The molecule has 0 saturated carbocycles. The van der Waals surface area contributed by atoms with Gasteiger partial charge in [0.25, 0.3) is 0 Å². The molecule has 0 atom stereocenters. The number of methoxy groups -OCH3 is 1. The molecule has 0 radical (unpaired) electrons. The zero-order chi connectivity index (χ0) is 17.2. The Kier molecular flexibility index (Phi) is 5.26. The summed E-state index contributed by atoms with van der Waals surface area (Å²) >= 11 is 7.28. The highest BCUT2D eigenvalue weighted by Gasteiger charge is 2.19. The topological polar surface area (TPSA) is 65.5 Å². The number of carbonyl (C=O) groups is 2. The third kappa shape index (κ3) is 4.65. The maximum atomic E-state index is 12.2. The van der Waals surface area contributed by atoms with Crippen molar-refractivity contribution >= 4 is 44.9 Å². The Bertz CT molecular complexity index is 748. The molecule has 0 amide bonds. The number of esters is 1. The molecule has 0 unspecified atom stereocenters. The van der Waals surface area contributed by atoms with Crippen molar-refractivity contribution in [3.63, 3.8) is 0 Å². The van der Waals surface area contributed by atoms with E-state index in [-0.39, 0.29) is 29.7 Å². The second-order valence-electron chi connectivity index (χ2n) is 5.99. The first-order valence-electron chi connectivity index (χ1n) is 7.09. The predicted molar refractivity (Wildman–Crippen MR) is 90.6 cm³/mol. The van der Waals surface area contributed by atoms with Gasteiger partial charge in [0, 0.05) is 12.5 Å². The molecule has 2 heterocycles. The van der Waals surface area contributed by atoms with E-state index in [1.54, 1.807) is 32.9 Å². The van der Waals surface area contributed by atoms with Crippen molar-refractivity contribution in [2.75, 3.05) is 7.11 Å². The van der Waals surface area contributed by atoms with Crippen molar-refractivity contribution in [3.8, 4) is 5.75 Å². The number of hydrogen-bond acceptors (Lipinski definition) is 6. The third-order valence-electron chi connectivity index (χ3n) is 2.90. The molecule has 0 bridgehead atoms. The van der Waals surface area contributed by atoms with Gasteiger partial charge in [-0.25, -0.2) is 4.98 Å². The van der Waals surface area contributed by atoms with Crippen molar-refractivity contribution in [2.45, 2.75) is 39.2 Å². The minimum atomic E-state index is -0.547. The van der Waals surface area contributed by atoms with E-state index in [9.17, 15) is 9.59 Å². The fraction of sp³-hybridized carbons (Fsp3) is 0.438. The zero-order valence-electron chi connectivity index (χ0n) is 13.4. The summed E-state index contributed by atoms with van der Waals surface area (Å²) in [5.41, 5.74) is 0.0935. The highest BCUT2D eigenvalue weighted by atomic mass is 35.5. The summed E-state index contributed by atoms with van der Waals surface area (Å²) in [7, 11) is 1.51. The number of nitrogens with zero attached hydrogens (tertiary/aromatic N) is 1. The molecule has 7 heteroatoms. The fourth-order valence-electron chi connectivity index (χ4n) is 1.94. The molecule has 0 N–H and O–H groups in total. The van der Waals surface area contributed by atoms with Gasteiger partial charge in [-0.3, -0.25) is 9.59 Å². The lowest BCUT2D eigenvalue weighted by atomic mass is 10.1. The van der Waals surface area contributed by atoms with Crippen LogP contribution in [0, 0.1) is 0 Å². The normalized spacial score (nSPS) is 11.5. The van der Waals surface area contributed by atoms with E-state index in [2.05, 4.69) is 4.98 Å². The van der Waals surface area contributed by atoms with Crippen LogP contribution in [-0.2, 0) is 9.53 Å². The molecule has 2 rings (SSSR count). The van der Waals surface area contributed by atoms with Gasteiger partial charge in [0.2, 0.25) is 0 Å². The van der Waals surface area contributed by atoms with Crippen LogP contribution >= 0.6 is 22.9 Å². The van der Waals surface area contributed by atoms with E-state index in [0.29, 0.717) is 16.1 Å². The maximum Gasteiger partial charge on any atom is 0.306 e. The van der Waals surface area contributed by atoms with Crippen LogP contribution in [-0.4, -0.2) is 29.4 Å². The van der Waals surface area contributed by atoms with E-state index in [1.165, 1.54) is 18.4 Å². The Morgan fingerprint density at radius 2 is 1.96 bits per heavy atom. The van der Waals surface area contributed by atoms with Crippen LogP contribution in [0.25, 0.3) is 10.2 Å². The Morgan fingerprint density at radius 3 is 2.57 bits per heavy atom. The number of pyridine rings is 1. The molecule has 0 aliphatic carbocycles. The highest BCUT2D eigenvalue weighted by Crippen LogP contribution is 2.32. The van der Waals surface area contributed by atoms with Crippen molar-refractivity contribution in [1.82, 2.24) is 4.98 Å². The molecule has 0 saturated heterocycles. The van der Waals surface area contributed by atoms with Crippen LogP contribution in [0.5, 0.6) is 5.75 Å². The summed E-state index contributed by atoms with van der Waals surface area (Å²) in [6, 6.07) is 3.43. The summed E-state index contributed by atoms with van der Waals surface area (Å²) < 4.78 is 11.1. The molecule has 0 aliphatic rings. The fourth-order valence-corrected chi connectivity index (χ4v) is 3.16. The molecule has 0 fully saturated rings. The van der Waals surface area contributed by atoms with Gasteiger partial charge in [0.05, 0.1) is 28.6 Å². The van der Waals surface area contributed by atoms with Crippen LogP contribution in [0.4, 0.5) is 0 Å². The number of fused-ring (bicyclic) bond motifs is 1. The Morgan fingerprint density at radius 1 is 1.26 bits per heavy atom. The molecule has 0 aromatic carbocycles. The van der Waals surface area contributed by atoms with Crippen molar-refractivity contribution < 1.29 is 19.1 Å². The first-order valence-corrected chi connectivity index (χ1v) is 8.28. The molecule has 2 aromatic rings. The Balaban J connectivity index is 2.08. The Labute approximate surface area is 143 Å². The SMILES string of the molecule is COc1cc2sc(C(=O)CCC(=O)OC(C)(C)C)cc2nc1Cl. The van der Waals surface area contributed by atoms with Crippen LogP contribution in [0.1, 0.15) is 43.3 Å². The predicted octanol–water partition coefficient (Wildman–Crippen LogP) is 4.26. The summed E-state index contributed by atoms with van der Waals surface area (Å²) in [5, 5.41) is 0.255. The second kappa shape index (κ2) is 6.84. The smallest absolute Gasteiger partial charge is 0.306 e. The average molecular weight is 356 g/mol. The highest BCUT2D eigenvalue weighted by molar-refractivity contribution is 7.20. The van der Waals surface area contributed by atoms with E-state index < -0.39 is 5.60 Å². The summed E-state index contributed by atoms with van der Waals surface area (Å²) in [6.45, 7) is 5.38. The summed E-state index contributed by atoms with van der Waals surface area (Å²) in [5.74, 6) is -0.0301. The van der Waals surface area contributed by atoms with Crippen LogP contribution in [0.15, 0.2) is 12.1 Å². The van der Waals surface area contributed by atoms with Crippen LogP contribution in [0.3, 0.4) is 0 Å². The molecule has 23 heavy (non-hydrogen) atoms. The summed E-state index contributed by atoms with van der Waals surface area (Å²) in [6.07, 6.45) is 0.161. The number of thiophene rings is 1. The standard InChI is InChI=1S/C16H18ClNO4S/c1-16(2,3)22-14(20)6-5-10(19)13-7-9-12(23-13)8-11(21-4)15(17)18-9/h7-8H,5-6H2,1-4H3. The van der Waals surface area contributed by atoms with E-state index in [4.69, 9.17) is 21.1 Å². The van der Waals surface area contributed by atoms with E-state index in [1.807, 2.05) is 0 Å². The van der Waals surface area contributed by atoms with Crippen molar-refractivity contribution in [1.29, 1.82) is 0 Å². The Hall–Kier alpha value is -1.66. The van der Waals surface area contributed by atoms with E-state index in [0.717, 1.165) is 4.70 Å². The van der Waals surface area contributed by atoms with Gasteiger partial charge in [0.1, 0.15) is 5.60 Å². The monoisotopic (exact) mass is 355 g/mol. The molecule has 5 nitrogen and oxygen atoms in total. The second-order valence-corrected chi connectivity index (χ2v) is 7.43. The van der Waals surface area contributed by atoms with Crippen molar-refractivity contribution in [2.24, 2.45) is 0 Å². The molecule has 0 aliphatic heterocycles. The minimum absolute atomic E-state index is 0.0574. The number of rotatable bonds is 5. The van der Waals surface area contributed by atoms with Gasteiger partial charge < -0.3 is 9.47 Å².